The van der Waals surface area contributed by atoms with Crippen molar-refractivity contribution >= 4 is 49.4 Å². The van der Waals surface area contributed by atoms with Crippen molar-refractivity contribution in [3.63, 3.8) is 0 Å². The number of hydrogen-bond donors (Lipinski definition) is 0. The molecule has 1 heteroatoms. The third-order valence-corrected chi connectivity index (χ3v) is 11.3. The van der Waals surface area contributed by atoms with Gasteiger partial charge in [-0.2, -0.15) is 0 Å². The molecule has 0 radical (unpaired) electrons. The van der Waals surface area contributed by atoms with E-state index in [1.54, 1.807) is 0 Å². The van der Waals surface area contributed by atoms with Gasteiger partial charge < -0.3 is 4.90 Å². The first-order valence-corrected chi connectivity index (χ1v) is 18.2. The average Bonchev–Trinajstić information content (AvgIpc) is 3.44. The molecule has 0 N–H and O–H groups in total. The fourth-order valence-corrected chi connectivity index (χ4v) is 8.78. The maximum absolute atomic E-state index is 2.45. The van der Waals surface area contributed by atoms with Crippen molar-refractivity contribution in [1.29, 1.82) is 0 Å². The highest BCUT2D eigenvalue weighted by atomic mass is 15.1. The van der Waals surface area contributed by atoms with E-state index in [-0.39, 0.29) is 5.41 Å². The minimum atomic E-state index is -0.0545. The van der Waals surface area contributed by atoms with Crippen LogP contribution in [0.2, 0.25) is 0 Å². The zero-order valence-corrected chi connectivity index (χ0v) is 29.3. The molecule has 0 saturated heterocycles. The Hall–Kier alpha value is -6.44. The Balaban J connectivity index is 1.19. The maximum Gasteiger partial charge on any atom is 0.0540 e. The Morgan fingerprint density at radius 1 is 0.346 bits per heavy atom. The van der Waals surface area contributed by atoms with Crippen LogP contribution >= 0.6 is 0 Å². The number of anilines is 3. The van der Waals surface area contributed by atoms with E-state index in [2.05, 4.69) is 207 Å². The van der Waals surface area contributed by atoms with Crippen LogP contribution in [0.1, 0.15) is 25.0 Å². The first-order valence-electron chi connectivity index (χ1n) is 18.2. The topological polar surface area (TPSA) is 3.24 Å². The Kier molecular flexibility index (Phi) is 6.91. The minimum Gasteiger partial charge on any atom is -0.309 e. The van der Waals surface area contributed by atoms with E-state index in [1.165, 1.54) is 76.8 Å². The molecule has 0 unspecified atom stereocenters. The van der Waals surface area contributed by atoms with E-state index in [0.717, 1.165) is 17.1 Å². The molecule has 9 aromatic carbocycles. The largest absolute Gasteiger partial charge is 0.309 e. The summed E-state index contributed by atoms with van der Waals surface area (Å²) >= 11 is 0. The molecule has 10 rings (SSSR count). The summed E-state index contributed by atoms with van der Waals surface area (Å²) < 4.78 is 0. The van der Waals surface area contributed by atoms with E-state index in [1.807, 2.05) is 0 Å². The van der Waals surface area contributed by atoms with Crippen LogP contribution in [0.15, 0.2) is 188 Å². The van der Waals surface area contributed by atoms with E-state index in [9.17, 15) is 0 Å². The van der Waals surface area contributed by atoms with Crippen LogP contribution < -0.4 is 4.90 Å². The van der Waals surface area contributed by atoms with Crippen molar-refractivity contribution in [1.82, 2.24) is 0 Å². The lowest BCUT2D eigenvalue weighted by Crippen LogP contribution is -2.14. The van der Waals surface area contributed by atoms with Crippen molar-refractivity contribution in [2.45, 2.75) is 19.3 Å². The van der Waals surface area contributed by atoms with Crippen molar-refractivity contribution < 1.29 is 0 Å². The van der Waals surface area contributed by atoms with Gasteiger partial charge >= 0.3 is 0 Å². The fraction of sp³-hybridized carbons (Fsp3) is 0.0588. The van der Waals surface area contributed by atoms with Crippen molar-refractivity contribution in [3.05, 3.63) is 199 Å². The molecule has 0 saturated carbocycles. The van der Waals surface area contributed by atoms with E-state index in [0.29, 0.717) is 0 Å². The van der Waals surface area contributed by atoms with Crippen LogP contribution in [-0.4, -0.2) is 0 Å². The van der Waals surface area contributed by atoms with E-state index in [4.69, 9.17) is 0 Å². The van der Waals surface area contributed by atoms with Gasteiger partial charge in [0, 0.05) is 21.9 Å². The summed E-state index contributed by atoms with van der Waals surface area (Å²) in [5.74, 6) is 0. The lowest BCUT2D eigenvalue weighted by Gasteiger charge is -2.29. The van der Waals surface area contributed by atoms with Gasteiger partial charge in [-0.3, -0.25) is 0 Å². The molecule has 52 heavy (non-hydrogen) atoms. The van der Waals surface area contributed by atoms with Gasteiger partial charge in [0.1, 0.15) is 0 Å². The summed E-state index contributed by atoms with van der Waals surface area (Å²) in [5, 5.41) is 7.42. The number of nitrogens with zero attached hydrogens (tertiary/aromatic N) is 1. The second-order valence-electron chi connectivity index (χ2n) is 14.5. The van der Waals surface area contributed by atoms with E-state index < -0.39 is 0 Å². The minimum absolute atomic E-state index is 0.0545. The molecule has 9 aromatic rings. The Morgan fingerprint density at radius 2 is 0.846 bits per heavy atom. The maximum atomic E-state index is 2.45. The molecule has 0 heterocycles. The summed E-state index contributed by atoms with van der Waals surface area (Å²) in [4.78, 5) is 2.45. The fourth-order valence-electron chi connectivity index (χ4n) is 8.78. The van der Waals surface area contributed by atoms with Gasteiger partial charge in [0.05, 0.1) is 11.4 Å². The van der Waals surface area contributed by atoms with Crippen LogP contribution in [-0.2, 0) is 5.41 Å². The molecule has 246 valence electrons. The van der Waals surface area contributed by atoms with Crippen LogP contribution in [0, 0.1) is 0 Å². The summed E-state index contributed by atoms with van der Waals surface area (Å²) in [7, 11) is 0. The lowest BCUT2D eigenvalue weighted by atomic mass is 9.82. The molecule has 1 aliphatic rings. The zero-order valence-electron chi connectivity index (χ0n) is 29.3. The number of fused-ring (bicyclic) bond motifs is 6. The Morgan fingerprint density at radius 3 is 1.67 bits per heavy atom. The molecular formula is C51H37N. The summed E-state index contributed by atoms with van der Waals surface area (Å²) in [6, 6.07) is 69.1. The average molecular weight is 664 g/mol. The molecule has 0 aromatic heterocycles. The zero-order chi connectivity index (χ0) is 34.8. The highest BCUT2D eigenvalue weighted by Gasteiger charge is 2.36. The van der Waals surface area contributed by atoms with Crippen LogP contribution in [0.4, 0.5) is 17.1 Å². The second kappa shape index (κ2) is 11.8. The normalized spacial score (nSPS) is 13.0. The highest BCUT2D eigenvalue weighted by molar-refractivity contribution is 6.10. The molecule has 1 nitrogen and oxygen atoms in total. The van der Waals surface area contributed by atoms with Gasteiger partial charge in [0.15, 0.2) is 0 Å². The van der Waals surface area contributed by atoms with Crippen molar-refractivity contribution in [2.75, 3.05) is 4.90 Å². The number of benzene rings is 9. The summed E-state index contributed by atoms with van der Waals surface area (Å²) in [6.07, 6.45) is 0. The number of rotatable bonds is 5. The highest BCUT2D eigenvalue weighted by Crippen LogP contribution is 2.53. The van der Waals surface area contributed by atoms with Gasteiger partial charge in [0.25, 0.3) is 0 Å². The smallest absolute Gasteiger partial charge is 0.0540 e. The van der Waals surface area contributed by atoms with Gasteiger partial charge in [0.2, 0.25) is 0 Å². The molecule has 0 aliphatic heterocycles. The number of hydrogen-bond acceptors (Lipinski definition) is 1. The van der Waals surface area contributed by atoms with Gasteiger partial charge in [-0.1, -0.05) is 178 Å². The second-order valence-corrected chi connectivity index (χ2v) is 14.5. The quantitative estimate of drug-likeness (QED) is 0.177. The van der Waals surface area contributed by atoms with Crippen LogP contribution in [0.3, 0.4) is 0 Å². The molecular weight excluding hydrogens is 627 g/mol. The summed E-state index contributed by atoms with van der Waals surface area (Å²) in [6.45, 7) is 4.71. The predicted molar refractivity (Wildman–Crippen MR) is 222 cm³/mol. The predicted octanol–water partition coefficient (Wildman–Crippen LogP) is 14.3. The SMILES string of the molecule is CC1(C)c2ccccc2-c2c(-c3cccc4c(N(c5ccc(-c6cccc7ccccc67)cc5)c5cccc6ccccc56)cccc34)cccc21. The molecule has 0 fully saturated rings. The summed E-state index contributed by atoms with van der Waals surface area (Å²) in [5.41, 5.74) is 13.9. The first-order chi connectivity index (χ1) is 25.6. The van der Waals surface area contributed by atoms with Crippen molar-refractivity contribution in [2.24, 2.45) is 0 Å². The van der Waals surface area contributed by atoms with E-state index >= 15 is 0 Å². The Bertz CT molecular complexity index is 2810. The van der Waals surface area contributed by atoms with Gasteiger partial charge in [-0.25, -0.2) is 0 Å². The molecule has 0 amide bonds. The molecule has 0 spiro atoms. The van der Waals surface area contributed by atoms with Gasteiger partial charge in [-0.15, -0.1) is 0 Å². The third-order valence-electron chi connectivity index (χ3n) is 11.3. The van der Waals surface area contributed by atoms with Crippen molar-refractivity contribution in [3.8, 4) is 33.4 Å². The Labute approximate surface area is 305 Å². The molecule has 1 aliphatic carbocycles. The monoisotopic (exact) mass is 663 g/mol. The van der Waals surface area contributed by atoms with Gasteiger partial charge in [-0.05, 0) is 90.3 Å². The molecule has 0 bridgehead atoms. The molecule has 0 atom stereocenters. The lowest BCUT2D eigenvalue weighted by molar-refractivity contribution is 0.660. The standard InChI is InChI=1S/C51H37N/c1-51(2)46-26-8-7-20-45(46)50-44(25-12-27-47(50)51)42-22-11-24-43-41(42)23-13-29-49(43)52(48-28-10-17-35-15-4-6-19-40(35)48)37-32-30-36(31-33-37)39-21-9-16-34-14-3-5-18-38(34)39/h3-33H,1-2H3. The van der Waals surface area contributed by atoms with Crippen LogP contribution in [0.25, 0.3) is 65.7 Å². The third kappa shape index (κ3) is 4.63. The van der Waals surface area contributed by atoms with Crippen LogP contribution in [0.5, 0.6) is 0 Å². The first kappa shape index (κ1) is 30.4.